The van der Waals surface area contributed by atoms with Crippen LogP contribution in [0.1, 0.15) is 43.4 Å². The maximum atomic E-state index is 13.3. The van der Waals surface area contributed by atoms with Gasteiger partial charge in [0.2, 0.25) is 6.79 Å². The average molecular weight is 487 g/mol. The highest BCUT2D eigenvalue weighted by Gasteiger charge is 2.47. The molecular formula is C28H26N2O6. The Bertz CT molecular complexity index is 1300. The molecule has 3 heterocycles. The van der Waals surface area contributed by atoms with Gasteiger partial charge in [-0.25, -0.2) is 0 Å². The van der Waals surface area contributed by atoms with Gasteiger partial charge in [0.1, 0.15) is 11.5 Å². The van der Waals surface area contributed by atoms with Gasteiger partial charge >= 0.3 is 0 Å². The SMILES string of the molecule is CCCCCOc1ccc(/C(O)=C2\C(=O)C(=O)N(c3ccc4c(c3)OCO4)C2c2ccncc2)cc1. The highest BCUT2D eigenvalue weighted by molar-refractivity contribution is 6.51. The van der Waals surface area contributed by atoms with Gasteiger partial charge in [-0.2, -0.15) is 0 Å². The second kappa shape index (κ2) is 10.1. The third kappa shape index (κ3) is 4.37. The summed E-state index contributed by atoms with van der Waals surface area (Å²) in [6.07, 6.45) is 6.34. The summed E-state index contributed by atoms with van der Waals surface area (Å²) in [7, 11) is 0. The van der Waals surface area contributed by atoms with Crippen LogP contribution in [-0.2, 0) is 9.59 Å². The van der Waals surface area contributed by atoms with E-state index in [4.69, 9.17) is 14.2 Å². The highest BCUT2D eigenvalue weighted by Crippen LogP contribution is 2.44. The Morgan fingerprint density at radius 1 is 1.03 bits per heavy atom. The van der Waals surface area contributed by atoms with Gasteiger partial charge in [0.05, 0.1) is 18.2 Å². The Balaban J connectivity index is 1.53. The molecule has 0 saturated carbocycles. The van der Waals surface area contributed by atoms with Crippen LogP contribution in [0.25, 0.3) is 5.76 Å². The quantitative estimate of drug-likeness (QED) is 0.207. The van der Waals surface area contributed by atoms with Gasteiger partial charge in [-0.3, -0.25) is 19.5 Å². The van der Waals surface area contributed by atoms with Crippen LogP contribution < -0.4 is 19.1 Å². The molecule has 1 unspecified atom stereocenters. The molecule has 2 aromatic carbocycles. The summed E-state index contributed by atoms with van der Waals surface area (Å²) in [5.74, 6) is -0.0460. The normalized spacial score (nSPS) is 18.0. The fourth-order valence-corrected chi connectivity index (χ4v) is 4.40. The first-order chi connectivity index (χ1) is 17.6. The van der Waals surface area contributed by atoms with Crippen LogP contribution in [0.3, 0.4) is 0 Å². The molecule has 2 aliphatic rings. The zero-order valence-electron chi connectivity index (χ0n) is 19.8. The summed E-state index contributed by atoms with van der Waals surface area (Å²) in [6, 6.07) is 14.5. The van der Waals surface area contributed by atoms with E-state index in [1.165, 1.54) is 4.90 Å². The minimum atomic E-state index is -0.849. The predicted molar refractivity (Wildman–Crippen MR) is 133 cm³/mol. The van der Waals surface area contributed by atoms with Gasteiger partial charge in [0.25, 0.3) is 11.7 Å². The topological polar surface area (TPSA) is 98.2 Å². The maximum Gasteiger partial charge on any atom is 0.300 e. The van der Waals surface area contributed by atoms with Crippen LogP contribution in [0.4, 0.5) is 5.69 Å². The molecule has 1 aromatic heterocycles. The molecular weight excluding hydrogens is 460 g/mol. The first-order valence-electron chi connectivity index (χ1n) is 11.9. The number of carbonyl (C=O) groups is 2. The van der Waals surface area contributed by atoms with Crippen molar-refractivity contribution in [1.29, 1.82) is 0 Å². The fraction of sp³-hybridized carbons (Fsp3) is 0.250. The second-order valence-corrected chi connectivity index (χ2v) is 8.57. The van der Waals surface area contributed by atoms with Crippen molar-refractivity contribution in [2.24, 2.45) is 0 Å². The first-order valence-corrected chi connectivity index (χ1v) is 11.9. The molecule has 1 fully saturated rings. The number of aliphatic hydroxyl groups is 1. The number of ketones is 1. The lowest BCUT2D eigenvalue weighted by molar-refractivity contribution is -0.132. The third-order valence-corrected chi connectivity index (χ3v) is 6.24. The number of amides is 1. The molecule has 0 aliphatic carbocycles. The standard InChI is InChI=1S/C28H26N2O6/c1-2-3-4-15-34-21-8-5-19(6-9-21)26(31)24-25(18-11-13-29-14-12-18)30(28(33)27(24)32)20-7-10-22-23(16-20)36-17-35-22/h5-14,16,25,31H,2-4,15,17H2,1H3/b26-24+. The Morgan fingerprint density at radius 3 is 2.53 bits per heavy atom. The number of unbranched alkanes of at least 4 members (excludes halogenated alkanes) is 2. The maximum absolute atomic E-state index is 13.3. The van der Waals surface area contributed by atoms with Crippen molar-refractivity contribution in [2.45, 2.75) is 32.2 Å². The van der Waals surface area contributed by atoms with Gasteiger partial charge in [-0.15, -0.1) is 0 Å². The summed E-state index contributed by atoms with van der Waals surface area (Å²) in [6.45, 7) is 2.83. The van der Waals surface area contributed by atoms with Crippen molar-refractivity contribution >= 4 is 23.1 Å². The lowest BCUT2D eigenvalue weighted by Gasteiger charge is -2.25. The van der Waals surface area contributed by atoms with Gasteiger partial charge in [-0.1, -0.05) is 19.8 Å². The molecule has 184 valence electrons. The Labute approximate surface area is 208 Å². The average Bonchev–Trinajstić information content (AvgIpc) is 3.49. The molecule has 8 nitrogen and oxygen atoms in total. The number of rotatable bonds is 8. The molecule has 0 bridgehead atoms. The highest BCUT2D eigenvalue weighted by atomic mass is 16.7. The van der Waals surface area contributed by atoms with E-state index in [0.29, 0.717) is 40.7 Å². The number of pyridine rings is 1. The molecule has 2 aliphatic heterocycles. The smallest absolute Gasteiger partial charge is 0.300 e. The van der Waals surface area contributed by atoms with Gasteiger partial charge in [0.15, 0.2) is 11.5 Å². The van der Waals surface area contributed by atoms with Crippen molar-refractivity contribution < 1.29 is 28.9 Å². The van der Waals surface area contributed by atoms with Crippen LogP contribution in [0.2, 0.25) is 0 Å². The number of hydrogen-bond acceptors (Lipinski definition) is 7. The van der Waals surface area contributed by atoms with Crippen LogP contribution in [-0.4, -0.2) is 35.2 Å². The van der Waals surface area contributed by atoms with E-state index in [-0.39, 0.29) is 18.1 Å². The van der Waals surface area contributed by atoms with E-state index in [1.807, 2.05) is 0 Å². The van der Waals surface area contributed by atoms with Crippen molar-refractivity contribution in [2.75, 3.05) is 18.3 Å². The number of benzene rings is 2. The molecule has 5 rings (SSSR count). The summed E-state index contributed by atoms with van der Waals surface area (Å²) >= 11 is 0. The van der Waals surface area contributed by atoms with Crippen LogP contribution in [0.15, 0.2) is 72.6 Å². The first kappa shape index (κ1) is 23.4. The summed E-state index contributed by atoms with van der Waals surface area (Å²) in [5.41, 5.74) is 1.51. The number of nitrogens with zero attached hydrogens (tertiary/aromatic N) is 2. The zero-order valence-corrected chi connectivity index (χ0v) is 19.8. The second-order valence-electron chi connectivity index (χ2n) is 8.57. The zero-order chi connectivity index (χ0) is 25.1. The Kier molecular flexibility index (Phi) is 6.58. The third-order valence-electron chi connectivity index (χ3n) is 6.24. The summed E-state index contributed by atoms with van der Waals surface area (Å²) < 4.78 is 16.6. The molecule has 1 amide bonds. The van der Waals surface area contributed by atoms with Crippen molar-refractivity contribution in [3.63, 3.8) is 0 Å². The number of hydrogen-bond donors (Lipinski definition) is 1. The number of aliphatic hydroxyl groups excluding tert-OH is 1. The van der Waals surface area contributed by atoms with Crippen LogP contribution >= 0.6 is 0 Å². The summed E-state index contributed by atoms with van der Waals surface area (Å²) in [5, 5.41) is 11.3. The van der Waals surface area contributed by atoms with Crippen LogP contribution in [0, 0.1) is 0 Å². The van der Waals surface area contributed by atoms with E-state index in [2.05, 4.69) is 11.9 Å². The molecule has 0 spiro atoms. The number of ether oxygens (including phenoxy) is 3. The molecule has 1 N–H and O–H groups in total. The van der Waals surface area contributed by atoms with E-state index in [1.54, 1.807) is 67.0 Å². The largest absolute Gasteiger partial charge is 0.507 e. The molecule has 3 aromatic rings. The Hall–Kier alpha value is -4.33. The van der Waals surface area contributed by atoms with Crippen molar-refractivity contribution in [3.05, 3.63) is 83.7 Å². The van der Waals surface area contributed by atoms with Crippen LogP contribution in [0.5, 0.6) is 17.2 Å². The van der Waals surface area contributed by atoms with Gasteiger partial charge < -0.3 is 19.3 Å². The minimum absolute atomic E-state index is 0.000445. The van der Waals surface area contributed by atoms with Crippen molar-refractivity contribution in [3.8, 4) is 17.2 Å². The fourth-order valence-electron chi connectivity index (χ4n) is 4.40. The monoisotopic (exact) mass is 486 g/mol. The number of aromatic nitrogens is 1. The lowest BCUT2D eigenvalue weighted by Crippen LogP contribution is -2.29. The molecule has 36 heavy (non-hydrogen) atoms. The lowest BCUT2D eigenvalue weighted by atomic mass is 9.95. The van der Waals surface area contributed by atoms with E-state index < -0.39 is 17.7 Å². The minimum Gasteiger partial charge on any atom is -0.507 e. The Morgan fingerprint density at radius 2 is 1.78 bits per heavy atom. The number of carbonyl (C=O) groups excluding carboxylic acids is 2. The number of fused-ring (bicyclic) bond motifs is 1. The molecule has 0 radical (unpaired) electrons. The number of anilines is 1. The number of Topliss-reactive ketones (excluding diaryl/α,β-unsaturated/α-hetero) is 1. The predicted octanol–water partition coefficient (Wildman–Crippen LogP) is 5.01. The van der Waals surface area contributed by atoms with E-state index in [0.717, 1.165) is 19.3 Å². The van der Waals surface area contributed by atoms with Gasteiger partial charge in [-0.05, 0) is 60.5 Å². The molecule has 1 saturated heterocycles. The van der Waals surface area contributed by atoms with Gasteiger partial charge in [0, 0.05) is 29.7 Å². The molecule has 8 heteroatoms. The summed E-state index contributed by atoms with van der Waals surface area (Å²) in [4.78, 5) is 32.0. The van der Waals surface area contributed by atoms with E-state index >= 15 is 0 Å². The van der Waals surface area contributed by atoms with Crippen molar-refractivity contribution in [1.82, 2.24) is 4.98 Å². The molecule has 1 atom stereocenters. The van der Waals surface area contributed by atoms with E-state index in [9.17, 15) is 14.7 Å².